The second-order valence-electron chi connectivity index (χ2n) is 1.84. The topological polar surface area (TPSA) is 61.4 Å². The number of carboxylic acid groups (broad SMARTS) is 1. The first-order valence-corrected chi connectivity index (χ1v) is 3.13. The minimum atomic E-state index is -1.33. The van der Waals surface area contributed by atoms with Gasteiger partial charge < -0.3 is 15.7 Å². The van der Waals surface area contributed by atoms with Crippen LogP contribution in [-0.2, 0) is 0 Å². The van der Waals surface area contributed by atoms with Gasteiger partial charge in [-0.2, -0.15) is 0 Å². The summed E-state index contributed by atoms with van der Waals surface area (Å²) in [6.45, 7) is 4.56. The molecule has 3 N–H and O–H groups in total. The smallest absolute Gasteiger partial charge is 0.233 e. The van der Waals surface area contributed by atoms with Gasteiger partial charge in [-0.15, -0.1) is 0 Å². The van der Waals surface area contributed by atoms with Crippen LogP contribution in [-0.4, -0.2) is 45.0 Å². The van der Waals surface area contributed by atoms with Crippen molar-refractivity contribution in [1.82, 2.24) is 10.6 Å². The fraction of sp³-hybridized carbons (Fsp3) is 0.800. The molecule has 0 aromatic heterocycles. The minimum absolute atomic E-state index is 1.14. The Morgan fingerprint density at radius 1 is 1.20 bits per heavy atom. The molecule has 0 saturated carbocycles. The molecule has 5 heteroatoms. The Bertz CT molecular complexity index is 80.1. The van der Waals surface area contributed by atoms with Crippen molar-refractivity contribution in [2.24, 2.45) is 0 Å². The molecule has 4 nitrogen and oxygen atoms in total. The minimum Gasteiger partial charge on any atom is -0.490 e. The molecule has 1 rings (SSSR count). The Morgan fingerprint density at radius 3 is 1.50 bits per heavy atom. The Hall–Kier alpha value is -0.545. The standard InChI is InChI=1S/C4H10N2.CHBO2/c1-2-6-4-3-5-1;2-1(3)4/h5-6H,1-4H2;(H,3,4). The van der Waals surface area contributed by atoms with Crippen molar-refractivity contribution >= 4 is 13.7 Å². The van der Waals surface area contributed by atoms with Gasteiger partial charge in [0.05, 0.1) is 0 Å². The molecule has 0 atom stereocenters. The molecule has 0 aromatic rings. The van der Waals surface area contributed by atoms with Gasteiger partial charge in [-0.1, -0.05) is 0 Å². The first-order valence-electron chi connectivity index (χ1n) is 3.13. The molecule has 0 unspecified atom stereocenters. The third kappa shape index (κ3) is 10.4. The van der Waals surface area contributed by atoms with E-state index in [9.17, 15) is 0 Å². The largest absolute Gasteiger partial charge is 0.490 e. The van der Waals surface area contributed by atoms with Crippen molar-refractivity contribution in [2.45, 2.75) is 0 Å². The summed E-state index contributed by atoms with van der Waals surface area (Å²) in [5, 5.41) is 13.6. The van der Waals surface area contributed by atoms with Crippen molar-refractivity contribution < 1.29 is 9.90 Å². The number of piperazine rings is 1. The highest BCUT2D eigenvalue weighted by Crippen LogP contribution is 1.65. The molecular weight excluding hydrogens is 131 g/mol. The van der Waals surface area contributed by atoms with Crippen LogP contribution in [0.25, 0.3) is 0 Å². The van der Waals surface area contributed by atoms with Gasteiger partial charge in [0.15, 0.2) is 0 Å². The Morgan fingerprint density at radius 2 is 1.40 bits per heavy atom. The van der Waals surface area contributed by atoms with E-state index in [2.05, 4.69) is 18.5 Å². The first-order chi connectivity index (χ1) is 4.73. The average molecular weight is 142 g/mol. The number of nitrogens with one attached hydrogen (secondary N) is 2. The molecule has 1 fully saturated rings. The highest BCUT2D eigenvalue weighted by atomic mass is 16.4. The lowest BCUT2D eigenvalue weighted by molar-refractivity contribution is 0.220. The summed E-state index contributed by atoms with van der Waals surface area (Å²) in [4.78, 5) is 8.78. The van der Waals surface area contributed by atoms with E-state index in [1.54, 1.807) is 0 Å². The molecule has 1 saturated heterocycles. The maximum Gasteiger partial charge on any atom is 0.233 e. The molecular formula is C5H11BN2O2. The normalized spacial score (nSPS) is 16.8. The first kappa shape index (κ1) is 9.45. The average Bonchev–Trinajstić information content (AvgIpc) is 1.90. The van der Waals surface area contributed by atoms with E-state index in [1.165, 1.54) is 0 Å². The van der Waals surface area contributed by atoms with Crippen LogP contribution in [0.2, 0.25) is 0 Å². The van der Waals surface area contributed by atoms with Crippen molar-refractivity contribution in [3.05, 3.63) is 0 Å². The van der Waals surface area contributed by atoms with Crippen molar-refractivity contribution in [2.75, 3.05) is 26.2 Å². The summed E-state index contributed by atoms with van der Waals surface area (Å²) in [6.07, 6.45) is 0. The van der Waals surface area contributed by atoms with Gasteiger partial charge in [0.2, 0.25) is 13.7 Å². The van der Waals surface area contributed by atoms with Gasteiger partial charge >= 0.3 is 0 Å². The SMILES string of the molecule is C1CNCCN1.[B]C(=O)O. The lowest BCUT2D eigenvalue weighted by Crippen LogP contribution is -2.39. The van der Waals surface area contributed by atoms with Crippen LogP contribution in [0.4, 0.5) is 4.79 Å². The molecule has 10 heavy (non-hydrogen) atoms. The second kappa shape index (κ2) is 6.57. The van der Waals surface area contributed by atoms with Crippen LogP contribution in [0, 0.1) is 0 Å². The van der Waals surface area contributed by atoms with Gasteiger partial charge in [-0.3, -0.25) is 4.79 Å². The van der Waals surface area contributed by atoms with Crippen LogP contribution in [0.3, 0.4) is 0 Å². The van der Waals surface area contributed by atoms with E-state index in [0.717, 1.165) is 26.2 Å². The van der Waals surface area contributed by atoms with Crippen LogP contribution >= 0.6 is 0 Å². The van der Waals surface area contributed by atoms with Crippen LogP contribution in [0.15, 0.2) is 0 Å². The molecule has 1 aliphatic heterocycles. The predicted molar refractivity (Wildman–Crippen MR) is 39.5 cm³/mol. The fourth-order valence-electron chi connectivity index (χ4n) is 0.604. The molecule has 0 spiro atoms. The molecule has 0 aromatic carbocycles. The predicted octanol–water partition coefficient (Wildman–Crippen LogP) is -0.988. The van der Waals surface area contributed by atoms with Crippen molar-refractivity contribution in [3.63, 3.8) is 0 Å². The molecule has 1 aliphatic rings. The molecule has 0 aliphatic carbocycles. The summed E-state index contributed by atoms with van der Waals surface area (Å²) in [6, 6.07) is 0. The summed E-state index contributed by atoms with van der Waals surface area (Å²) < 4.78 is 0. The molecule has 56 valence electrons. The van der Waals surface area contributed by atoms with Gasteiger partial charge in [-0.25, -0.2) is 0 Å². The molecule has 0 bridgehead atoms. The number of carbonyl (C=O) groups is 1. The maximum absolute atomic E-state index is 8.78. The van der Waals surface area contributed by atoms with Crippen LogP contribution in [0.1, 0.15) is 0 Å². The van der Waals surface area contributed by atoms with E-state index in [0.29, 0.717) is 0 Å². The van der Waals surface area contributed by atoms with Crippen LogP contribution < -0.4 is 10.6 Å². The summed E-state index contributed by atoms with van der Waals surface area (Å²) in [5.74, 6) is -1.33. The van der Waals surface area contributed by atoms with E-state index < -0.39 is 5.87 Å². The third-order valence-corrected chi connectivity index (χ3v) is 0.957. The second-order valence-corrected chi connectivity index (χ2v) is 1.84. The maximum atomic E-state index is 8.78. The molecule has 2 radical (unpaired) electrons. The lowest BCUT2D eigenvalue weighted by Gasteiger charge is -2.11. The zero-order valence-electron chi connectivity index (χ0n) is 5.76. The van der Waals surface area contributed by atoms with Crippen molar-refractivity contribution in [1.29, 1.82) is 0 Å². The summed E-state index contributed by atoms with van der Waals surface area (Å²) in [5.41, 5.74) is 0. The Balaban J connectivity index is 0.000000180. The quantitative estimate of drug-likeness (QED) is 0.380. The molecule has 0 amide bonds. The zero-order chi connectivity index (χ0) is 7.82. The highest BCUT2D eigenvalue weighted by molar-refractivity contribution is 6.54. The number of rotatable bonds is 0. The molecule has 1 heterocycles. The fourth-order valence-corrected chi connectivity index (χ4v) is 0.604. The highest BCUT2D eigenvalue weighted by Gasteiger charge is 1.91. The van der Waals surface area contributed by atoms with Gasteiger partial charge in [0.1, 0.15) is 0 Å². The van der Waals surface area contributed by atoms with E-state index >= 15 is 0 Å². The van der Waals surface area contributed by atoms with Gasteiger partial charge in [0, 0.05) is 26.2 Å². The van der Waals surface area contributed by atoms with E-state index in [-0.39, 0.29) is 0 Å². The van der Waals surface area contributed by atoms with Gasteiger partial charge in [-0.05, 0) is 0 Å². The third-order valence-electron chi connectivity index (χ3n) is 0.957. The lowest BCUT2D eigenvalue weighted by atomic mass is 10.2. The summed E-state index contributed by atoms with van der Waals surface area (Å²) >= 11 is 0. The number of hydrogen-bond acceptors (Lipinski definition) is 3. The number of hydrogen-bond donors (Lipinski definition) is 3. The van der Waals surface area contributed by atoms with Gasteiger partial charge in [0.25, 0.3) is 0 Å². The zero-order valence-corrected chi connectivity index (χ0v) is 5.76. The Labute approximate surface area is 61.4 Å². The Kier molecular flexibility index (Phi) is 6.21. The van der Waals surface area contributed by atoms with Crippen LogP contribution in [0.5, 0.6) is 0 Å². The summed E-state index contributed by atoms with van der Waals surface area (Å²) in [7, 11) is 4.03. The van der Waals surface area contributed by atoms with E-state index in [1.807, 2.05) is 0 Å². The van der Waals surface area contributed by atoms with E-state index in [4.69, 9.17) is 9.90 Å². The van der Waals surface area contributed by atoms with Crippen molar-refractivity contribution in [3.8, 4) is 0 Å². The monoisotopic (exact) mass is 142 g/mol.